The quantitative estimate of drug-likeness (QED) is 0.0856. The molecule has 12 rings (SSSR count). The molecule has 24 nitrogen and oxygen atoms in total. The summed E-state index contributed by atoms with van der Waals surface area (Å²) in [6, 6.07) is -1.54. The normalized spacial score (nSPS) is 20.6. The third-order valence-corrected chi connectivity index (χ3v) is 18.4. The number of fused-ring (bicyclic) bond motifs is 9. The van der Waals surface area contributed by atoms with Gasteiger partial charge < -0.3 is 60.7 Å². The third-order valence-electron chi connectivity index (χ3n) is 18.4. The van der Waals surface area contributed by atoms with E-state index in [9.17, 15) is 110 Å². The Balaban J connectivity index is 0.000000165. The van der Waals surface area contributed by atoms with Gasteiger partial charge in [0.05, 0.1) is 59.3 Å². The lowest BCUT2D eigenvalue weighted by Gasteiger charge is -2.33. The van der Waals surface area contributed by atoms with Crippen LogP contribution >= 0.6 is 0 Å². The molecule has 3 aromatic carbocycles. The van der Waals surface area contributed by atoms with Crippen LogP contribution < -0.4 is 16.0 Å². The molecule has 552 valence electrons. The van der Waals surface area contributed by atoms with Crippen molar-refractivity contribution in [1.29, 1.82) is 0 Å². The van der Waals surface area contributed by atoms with Crippen LogP contribution in [0.5, 0.6) is 0 Å². The summed E-state index contributed by atoms with van der Waals surface area (Å²) in [7, 11) is 4.77. The fourth-order valence-electron chi connectivity index (χ4n) is 13.2. The molecule has 0 saturated carbocycles. The van der Waals surface area contributed by atoms with Crippen LogP contribution in [0.2, 0.25) is 0 Å². The molecule has 3 aromatic heterocycles. The van der Waals surface area contributed by atoms with Crippen molar-refractivity contribution in [3.63, 3.8) is 0 Å². The van der Waals surface area contributed by atoms with Gasteiger partial charge in [-0.3, -0.25) is 28.4 Å². The maximum absolute atomic E-state index is 14.4. The summed E-state index contributed by atoms with van der Waals surface area (Å²) in [5.41, 5.74) is -4.27. The van der Waals surface area contributed by atoms with E-state index in [1.54, 1.807) is 41.9 Å². The van der Waals surface area contributed by atoms with Crippen LogP contribution in [0.4, 0.5) is 97.3 Å². The molecule has 0 bridgehead atoms. The number of nitrogens with zero attached hydrogens (tertiary/aromatic N) is 12. The molecule has 102 heavy (non-hydrogen) atoms. The van der Waals surface area contributed by atoms with Crippen molar-refractivity contribution in [3.05, 3.63) is 139 Å². The Hall–Kier alpha value is -9.66. The molecule has 0 fully saturated rings. The third kappa shape index (κ3) is 14.9. The van der Waals surface area contributed by atoms with E-state index in [1.165, 1.54) is 43.4 Å². The Kier molecular flexibility index (Phi) is 21.1. The molecule has 0 unspecified atom stereocenters. The van der Waals surface area contributed by atoms with Crippen molar-refractivity contribution >= 4 is 52.9 Å². The second-order valence-corrected chi connectivity index (χ2v) is 25.8. The van der Waals surface area contributed by atoms with Gasteiger partial charge in [0.15, 0.2) is 11.6 Å². The molecule has 6 atom stereocenters. The van der Waals surface area contributed by atoms with Gasteiger partial charge in [-0.2, -0.15) is 54.8 Å². The minimum absolute atomic E-state index is 0.0693. The lowest BCUT2D eigenvalue weighted by molar-refractivity contribution is -0.143. The molecular weight excluding hydrogens is 1400 g/mol. The van der Waals surface area contributed by atoms with E-state index in [4.69, 9.17) is 0 Å². The number of hydrogen-bond donors (Lipinski definition) is 6. The average Bonchev–Trinajstić information content (AvgIpc) is 1.59. The highest BCUT2D eigenvalue weighted by Crippen LogP contribution is 2.41. The van der Waals surface area contributed by atoms with Crippen LogP contribution in [0.15, 0.2) is 36.4 Å². The molecular formula is C63H66F15N15O9. The van der Waals surface area contributed by atoms with Crippen molar-refractivity contribution in [2.24, 2.45) is 17.8 Å². The predicted molar refractivity (Wildman–Crippen MR) is 327 cm³/mol. The molecule has 6 aliphatic rings. The first-order valence-corrected chi connectivity index (χ1v) is 31.5. The molecule has 39 heteroatoms. The standard InChI is InChI=1S/3C21H22F5N5O3/c1-10-3-16-12(18-19(33)29(2)6-11(9-32)7-31(18)28-16)8-30(10)20(34)27-17-4-13(21(24,25)26)14(22)5-15(17)23;2*1-10-5-15-12(18-19(33)29(2)6-11(9-32)7-31(18)28-15)8-30(10)20(34)27-14-4-3-13(22)16(17(14)23)21(24,25)26/h4-5,10-11,32H,3,6-9H2,1-2H3,(H,27,34);2*3-4,10-11,32H,5-9H2,1-2H3,(H,27,34)/t10-,11-;10-,11+;10-,11-/m111/s1. The number of aliphatic hydroxyl groups is 3. The van der Waals surface area contributed by atoms with Gasteiger partial charge in [0.1, 0.15) is 51.5 Å². The minimum atomic E-state index is -5.28. The highest BCUT2D eigenvalue weighted by molar-refractivity contribution is 5.97. The number of hydrogen-bond acceptors (Lipinski definition) is 12. The number of alkyl halides is 9. The zero-order valence-corrected chi connectivity index (χ0v) is 54.9. The van der Waals surface area contributed by atoms with Gasteiger partial charge in [-0.25, -0.2) is 40.7 Å². The number of urea groups is 3. The topological polar surface area (TPSA) is 272 Å². The van der Waals surface area contributed by atoms with E-state index in [0.717, 1.165) is 12.1 Å². The fourth-order valence-corrected chi connectivity index (χ4v) is 13.2. The smallest absolute Gasteiger partial charge is 0.396 e. The van der Waals surface area contributed by atoms with E-state index in [0.29, 0.717) is 85.2 Å². The Morgan fingerprint density at radius 3 is 1.03 bits per heavy atom. The monoisotopic (exact) mass is 1460 g/mol. The summed E-state index contributed by atoms with van der Waals surface area (Å²) in [5, 5.41) is 48.5. The van der Waals surface area contributed by atoms with Crippen molar-refractivity contribution in [2.45, 2.75) is 116 Å². The van der Waals surface area contributed by atoms with Crippen LogP contribution in [-0.4, -0.2) is 189 Å². The van der Waals surface area contributed by atoms with Crippen LogP contribution in [0.1, 0.15) is 103 Å². The highest BCUT2D eigenvalue weighted by atomic mass is 19.4. The number of benzene rings is 3. The van der Waals surface area contributed by atoms with Gasteiger partial charge >= 0.3 is 36.6 Å². The number of aromatic nitrogens is 6. The van der Waals surface area contributed by atoms with E-state index >= 15 is 0 Å². The number of amides is 9. The number of nitrogens with one attached hydrogen (secondary N) is 3. The van der Waals surface area contributed by atoms with Crippen LogP contribution in [0.3, 0.4) is 0 Å². The van der Waals surface area contributed by atoms with Crippen molar-refractivity contribution in [1.82, 2.24) is 58.7 Å². The van der Waals surface area contributed by atoms with Crippen molar-refractivity contribution in [3.8, 4) is 0 Å². The minimum Gasteiger partial charge on any atom is -0.396 e. The first kappa shape index (κ1) is 75.0. The molecule has 0 radical (unpaired) electrons. The van der Waals surface area contributed by atoms with E-state index in [-0.39, 0.29) is 123 Å². The molecule has 6 aliphatic heterocycles. The Morgan fingerprint density at radius 2 is 0.745 bits per heavy atom. The van der Waals surface area contributed by atoms with Gasteiger partial charge in [-0.05, 0) is 51.1 Å². The Bertz CT molecular complexity index is 3960. The average molecular weight is 1460 g/mol. The lowest BCUT2D eigenvalue weighted by atomic mass is 9.99. The fraction of sp³-hybridized carbons (Fsp3) is 0.476. The van der Waals surface area contributed by atoms with Crippen LogP contribution in [0, 0.1) is 52.7 Å². The number of halogens is 15. The van der Waals surface area contributed by atoms with Gasteiger partial charge in [-0.1, -0.05) is 0 Å². The summed E-state index contributed by atoms with van der Waals surface area (Å²) in [6.07, 6.45) is -14.9. The van der Waals surface area contributed by atoms with Gasteiger partial charge in [-0.15, -0.1) is 0 Å². The molecule has 0 spiro atoms. The zero-order chi connectivity index (χ0) is 74.8. The predicted octanol–water partition coefficient (Wildman–Crippen LogP) is 8.56. The summed E-state index contributed by atoms with van der Waals surface area (Å²) in [5.74, 6) is -12.2. The zero-order valence-electron chi connectivity index (χ0n) is 54.9. The van der Waals surface area contributed by atoms with Crippen molar-refractivity contribution in [2.75, 3.05) is 76.5 Å². The number of anilines is 3. The summed E-state index contributed by atoms with van der Waals surface area (Å²) >= 11 is 0. The second kappa shape index (κ2) is 28.6. The van der Waals surface area contributed by atoms with Gasteiger partial charge in [0.25, 0.3) is 17.7 Å². The molecule has 6 aromatic rings. The first-order valence-electron chi connectivity index (χ1n) is 31.5. The largest absolute Gasteiger partial charge is 0.422 e. The Morgan fingerprint density at radius 1 is 0.441 bits per heavy atom. The Labute approximate surface area is 569 Å². The SMILES string of the molecule is C[C@@H]1Cc2nn3c(c2CN1C(=O)Nc1cc(C(F)(F)F)c(F)cc1F)C(=O)N(C)C[C@@H](CO)C3.C[C@@H]1Cc2nn3c(c2CN1C(=O)Nc1ccc(F)c(C(F)(F)F)c1F)C(=O)N(C)C[C@@H](CO)C3.C[C@@H]1Cc2nn3c(c2CN1C(=O)Nc1ccc(F)c(C(F)(F)F)c1F)C(=O)N(C)C[C@H](CO)C3. The molecule has 9 amide bonds. The van der Waals surface area contributed by atoms with Gasteiger partial charge in [0, 0.05) is 158 Å². The van der Waals surface area contributed by atoms with E-state index in [2.05, 4.69) is 31.2 Å². The molecule has 9 heterocycles. The van der Waals surface area contributed by atoms with Gasteiger partial charge in [0.2, 0.25) is 0 Å². The number of aliphatic hydroxyl groups excluding tert-OH is 3. The second-order valence-electron chi connectivity index (χ2n) is 25.8. The number of carbonyl (C=O) groups is 6. The van der Waals surface area contributed by atoms with Crippen LogP contribution in [0.25, 0.3) is 0 Å². The summed E-state index contributed by atoms with van der Waals surface area (Å²) < 4.78 is 205. The maximum Gasteiger partial charge on any atom is 0.422 e. The van der Waals surface area contributed by atoms with E-state index < -0.39 is 123 Å². The lowest BCUT2D eigenvalue weighted by Crippen LogP contribution is -2.45. The number of carbonyl (C=O) groups excluding carboxylic acids is 6. The highest BCUT2D eigenvalue weighted by Gasteiger charge is 2.45. The van der Waals surface area contributed by atoms with Crippen LogP contribution in [-0.2, 0) is 77.1 Å². The molecule has 0 aliphatic carbocycles. The summed E-state index contributed by atoms with van der Waals surface area (Å²) in [4.78, 5) is 85.7. The first-order chi connectivity index (χ1) is 47.7. The molecule has 6 N–H and O–H groups in total. The summed E-state index contributed by atoms with van der Waals surface area (Å²) in [6.45, 7) is 6.21. The van der Waals surface area contributed by atoms with E-state index in [1.807, 2.05) is 0 Å². The maximum atomic E-state index is 14.4. The number of rotatable bonds is 6. The molecule has 0 saturated heterocycles. The van der Waals surface area contributed by atoms with Crippen molar-refractivity contribution < 1.29 is 110 Å².